The largest absolute Gasteiger partial charge is 0.497 e. The molecule has 0 saturated heterocycles. The number of hydrogen-bond acceptors (Lipinski definition) is 7. The quantitative estimate of drug-likeness (QED) is 0.430. The normalized spacial score (nSPS) is 11.6. The maximum absolute atomic E-state index is 12.9. The van der Waals surface area contributed by atoms with Gasteiger partial charge in [-0.15, -0.1) is 16.4 Å². The Hall–Kier alpha value is -2.53. The number of sulfonamides is 1. The summed E-state index contributed by atoms with van der Waals surface area (Å²) in [4.78, 5) is 4.64. The van der Waals surface area contributed by atoms with Gasteiger partial charge in [-0.1, -0.05) is 23.2 Å². The predicted molar refractivity (Wildman–Crippen MR) is 117 cm³/mol. The molecule has 1 N–H and O–H groups in total. The number of methoxy groups -OCH3 is 2. The molecule has 4 aromatic rings. The van der Waals surface area contributed by atoms with Crippen LogP contribution < -0.4 is 14.2 Å². The SMILES string of the molecule is COc1ccc(OC)c(S(=O)(=O)Nc2nc3scc(-c4cc(Cl)ccc4Cl)n3n2)c1. The molecule has 0 aliphatic carbocycles. The second-order valence-electron chi connectivity index (χ2n) is 6.00. The van der Waals surface area contributed by atoms with Crippen LogP contribution >= 0.6 is 34.5 Å². The Morgan fingerprint density at radius 2 is 1.90 bits per heavy atom. The molecule has 2 aromatic carbocycles. The summed E-state index contributed by atoms with van der Waals surface area (Å²) in [5, 5.41) is 7.09. The second kappa shape index (κ2) is 7.95. The van der Waals surface area contributed by atoms with Gasteiger partial charge >= 0.3 is 0 Å². The van der Waals surface area contributed by atoms with Crippen LogP contribution in [0.5, 0.6) is 11.5 Å². The molecule has 0 fully saturated rings. The highest BCUT2D eigenvalue weighted by Crippen LogP contribution is 2.34. The molecule has 0 unspecified atom stereocenters. The van der Waals surface area contributed by atoms with Crippen LogP contribution in [-0.2, 0) is 10.0 Å². The van der Waals surface area contributed by atoms with Gasteiger partial charge in [0.2, 0.25) is 4.96 Å². The maximum atomic E-state index is 12.9. The first-order valence-electron chi connectivity index (χ1n) is 8.37. The number of nitrogens with zero attached hydrogens (tertiary/aromatic N) is 3. The molecule has 8 nitrogen and oxygen atoms in total. The number of halogens is 2. The highest BCUT2D eigenvalue weighted by atomic mass is 35.5. The zero-order chi connectivity index (χ0) is 21.5. The van der Waals surface area contributed by atoms with Gasteiger partial charge in [0.25, 0.3) is 16.0 Å². The first-order chi connectivity index (χ1) is 14.3. The van der Waals surface area contributed by atoms with Crippen molar-refractivity contribution < 1.29 is 17.9 Å². The highest BCUT2D eigenvalue weighted by Gasteiger charge is 2.23. The summed E-state index contributed by atoms with van der Waals surface area (Å²) in [6.07, 6.45) is 0. The Labute approximate surface area is 186 Å². The topological polar surface area (TPSA) is 94.8 Å². The summed E-state index contributed by atoms with van der Waals surface area (Å²) in [5.41, 5.74) is 1.29. The molecule has 0 spiro atoms. The van der Waals surface area contributed by atoms with Gasteiger partial charge in [-0.05, 0) is 30.3 Å². The summed E-state index contributed by atoms with van der Waals surface area (Å²) < 4.78 is 40.0. The highest BCUT2D eigenvalue weighted by molar-refractivity contribution is 7.92. The second-order valence-corrected chi connectivity index (χ2v) is 9.33. The van der Waals surface area contributed by atoms with Crippen molar-refractivity contribution in [1.29, 1.82) is 0 Å². The van der Waals surface area contributed by atoms with Crippen molar-refractivity contribution in [2.75, 3.05) is 18.9 Å². The van der Waals surface area contributed by atoms with E-state index in [1.807, 2.05) is 5.38 Å². The van der Waals surface area contributed by atoms with Crippen molar-refractivity contribution in [2.45, 2.75) is 4.90 Å². The van der Waals surface area contributed by atoms with E-state index in [9.17, 15) is 8.42 Å². The van der Waals surface area contributed by atoms with Crippen LogP contribution in [0.1, 0.15) is 0 Å². The minimum atomic E-state index is -4.04. The van der Waals surface area contributed by atoms with Gasteiger partial charge in [0.05, 0.1) is 24.9 Å². The molecule has 12 heteroatoms. The molecule has 2 heterocycles. The van der Waals surface area contributed by atoms with Crippen LogP contribution in [0, 0.1) is 0 Å². The van der Waals surface area contributed by atoms with Crippen LogP contribution in [-0.4, -0.2) is 37.2 Å². The number of aromatic nitrogens is 3. The van der Waals surface area contributed by atoms with E-state index >= 15 is 0 Å². The Morgan fingerprint density at radius 3 is 2.63 bits per heavy atom. The average Bonchev–Trinajstić information content (AvgIpc) is 3.29. The lowest BCUT2D eigenvalue weighted by Crippen LogP contribution is -2.15. The lowest BCUT2D eigenvalue weighted by molar-refractivity contribution is 0.392. The molecule has 156 valence electrons. The van der Waals surface area contributed by atoms with E-state index in [-0.39, 0.29) is 16.6 Å². The zero-order valence-electron chi connectivity index (χ0n) is 15.6. The van der Waals surface area contributed by atoms with Gasteiger partial charge in [-0.2, -0.15) is 4.98 Å². The number of rotatable bonds is 6. The first-order valence-corrected chi connectivity index (χ1v) is 11.5. The van der Waals surface area contributed by atoms with E-state index in [2.05, 4.69) is 14.8 Å². The van der Waals surface area contributed by atoms with Crippen LogP contribution in [0.2, 0.25) is 10.0 Å². The number of thiazole rings is 1. The van der Waals surface area contributed by atoms with Gasteiger partial charge < -0.3 is 9.47 Å². The van der Waals surface area contributed by atoms with Crippen LogP contribution in [0.3, 0.4) is 0 Å². The van der Waals surface area contributed by atoms with Crippen molar-refractivity contribution in [1.82, 2.24) is 14.6 Å². The summed E-state index contributed by atoms with van der Waals surface area (Å²) in [7, 11) is -1.22. The van der Waals surface area contributed by atoms with Gasteiger partial charge in [-0.3, -0.25) is 0 Å². The van der Waals surface area contributed by atoms with E-state index in [1.165, 1.54) is 42.2 Å². The number of fused-ring (bicyclic) bond motifs is 1. The third kappa shape index (κ3) is 3.79. The zero-order valence-corrected chi connectivity index (χ0v) is 18.7. The summed E-state index contributed by atoms with van der Waals surface area (Å²) in [5.74, 6) is 0.440. The van der Waals surface area contributed by atoms with Crippen LogP contribution in [0.15, 0.2) is 46.7 Å². The molecule has 4 rings (SSSR count). The molecule has 0 bridgehead atoms. The third-order valence-electron chi connectivity index (χ3n) is 4.17. The molecule has 0 radical (unpaired) electrons. The predicted octanol–water partition coefficient (Wildman–Crippen LogP) is 4.58. The summed E-state index contributed by atoms with van der Waals surface area (Å²) in [6, 6.07) is 9.53. The average molecular weight is 485 g/mol. The minimum absolute atomic E-state index is 0.0916. The van der Waals surface area contributed by atoms with Gasteiger partial charge in [0, 0.05) is 22.0 Å². The molecular weight excluding hydrogens is 471 g/mol. The minimum Gasteiger partial charge on any atom is -0.497 e. The van der Waals surface area contributed by atoms with E-state index < -0.39 is 10.0 Å². The Balaban J connectivity index is 1.73. The van der Waals surface area contributed by atoms with Crippen LogP contribution in [0.4, 0.5) is 5.95 Å². The van der Waals surface area contributed by atoms with Crippen molar-refractivity contribution in [3.05, 3.63) is 51.8 Å². The van der Waals surface area contributed by atoms with Gasteiger partial charge in [-0.25, -0.2) is 17.7 Å². The number of nitrogens with one attached hydrogen (secondary N) is 1. The Kier molecular flexibility index (Phi) is 5.49. The lowest BCUT2D eigenvalue weighted by Gasteiger charge is -2.11. The Bertz CT molecular complexity index is 1350. The van der Waals surface area contributed by atoms with Crippen molar-refractivity contribution >= 4 is 55.5 Å². The van der Waals surface area contributed by atoms with Gasteiger partial charge in [0.15, 0.2) is 0 Å². The van der Waals surface area contributed by atoms with E-state index in [0.717, 1.165) is 0 Å². The van der Waals surface area contributed by atoms with E-state index in [0.29, 0.717) is 32.0 Å². The lowest BCUT2D eigenvalue weighted by atomic mass is 10.2. The third-order valence-corrected chi connectivity index (χ3v) is 6.90. The molecule has 0 saturated carbocycles. The fourth-order valence-electron chi connectivity index (χ4n) is 2.77. The standard InChI is InChI=1S/C18H14Cl2N4O4S2/c1-27-11-4-6-15(28-2)16(8-11)30(25,26)23-17-21-18-24(22-17)14(9-29-18)12-7-10(19)3-5-13(12)20/h3-9H,1-2H3,(H,22,23). The maximum Gasteiger partial charge on any atom is 0.268 e. The number of anilines is 1. The molecule has 0 atom stereocenters. The molecule has 2 aromatic heterocycles. The monoisotopic (exact) mass is 484 g/mol. The fraction of sp³-hybridized carbons (Fsp3) is 0.111. The molecule has 0 amide bonds. The summed E-state index contributed by atoms with van der Waals surface area (Å²) >= 11 is 13.7. The first kappa shape index (κ1) is 20.7. The van der Waals surface area contributed by atoms with Crippen LogP contribution in [0.25, 0.3) is 16.2 Å². The fourth-order valence-corrected chi connectivity index (χ4v) is 5.11. The van der Waals surface area contributed by atoms with Gasteiger partial charge in [0.1, 0.15) is 16.4 Å². The smallest absolute Gasteiger partial charge is 0.268 e. The summed E-state index contributed by atoms with van der Waals surface area (Å²) in [6.45, 7) is 0. The number of benzene rings is 2. The molecular formula is C18H14Cl2N4O4S2. The van der Waals surface area contributed by atoms with E-state index in [4.69, 9.17) is 32.7 Å². The van der Waals surface area contributed by atoms with Crippen molar-refractivity contribution in [3.63, 3.8) is 0 Å². The molecule has 30 heavy (non-hydrogen) atoms. The van der Waals surface area contributed by atoms with Crippen molar-refractivity contribution in [3.8, 4) is 22.8 Å². The number of ether oxygens (including phenoxy) is 2. The van der Waals surface area contributed by atoms with E-state index in [1.54, 1.807) is 24.3 Å². The molecule has 0 aliphatic rings. The Morgan fingerprint density at radius 1 is 1.10 bits per heavy atom. The molecule has 0 aliphatic heterocycles. The number of hydrogen-bond donors (Lipinski definition) is 1. The van der Waals surface area contributed by atoms with Crippen molar-refractivity contribution in [2.24, 2.45) is 0 Å².